The fraction of sp³-hybridized carbons (Fsp3) is 0.600. The van der Waals surface area contributed by atoms with E-state index >= 15 is 0 Å². The van der Waals surface area contributed by atoms with Gasteiger partial charge >= 0.3 is 0 Å². The molecule has 0 fully saturated rings. The Bertz CT molecular complexity index is 373. The van der Waals surface area contributed by atoms with E-state index in [2.05, 4.69) is 30.4 Å². The highest BCUT2D eigenvalue weighted by atomic mass is 16.3. The summed E-state index contributed by atoms with van der Waals surface area (Å²) in [6, 6.07) is 7.17. The Balaban J connectivity index is 2.05. The number of hydrogen-bond donors (Lipinski definition) is 2. The summed E-state index contributed by atoms with van der Waals surface area (Å²) in [4.78, 5) is 0. The van der Waals surface area contributed by atoms with Crippen molar-refractivity contribution in [3.05, 3.63) is 34.9 Å². The molecule has 1 aliphatic carbocycles. The molecule has 17 heavy (non-hydrogen) atoms. The molecule has 94 valence electrons. The average molecular weight is 233 g/mol. The Morgan fingerprint density at radius 2 is 1.88 bits per heavy atom. The van der Waals surface area contributed by atoms with Gasteiger partial charge < -0.3 is 10.4 Å². The van der Waals surface area contributed by atoms with Crippen LogP contribution in [0.25, 0.3) is 0 Å². The first-order valence-corrected chi connectivity index (χ1v) is 6.70. The fourth-order valence-electron chi connectivity index (χ4n) is 2.49. The molecular weight excluding hydrogens is 210 g/mol. The van der Waals surface area contributed by atoms with Crippen LogP contribution >= 0.6 is 0 Å². The highest BCUT2D eigenvalue weighted by Gasteiger charge is 2.12. The van der Waals surface area contributed by atoms with Crippen molar-refractivity contribution in [3.63, 3.8) is 0 Å². The van der Waals surface area contributed by atoms with Crippen LogP contribution in [0.2, 0.25) is 0 Å². The third-order valence-electron chi connectivity index (χ3n) is 3.59. The van der Waals surface area contributed by atoms with Gasteiger partial charge in [-0.25, -0.2) is 0 Å². The molecule has 0 heterocycles. The monoisotopic (exact) mass is 233 g/mol. The van der Waals surface area contributed by atoms with E-state index in [0.29, 0.717) is 12.6 Å². The molecule has 2 rings (SSSR count). The summed E-state index contributed by atoms with van der Waals surface area (Å²) in [5.41, 5.74) is 4.40. The lowest BCUT2D eigenvalue weighted by atomic mass is 9.89. The number of hydrogen-bond acceptors (Lipinski definition) is 2. The van der Waals surface area contributed by atoms with Crippen molar-refractivity contribution in [2.75, 3.05) is 6.54 Å². The van der Waals surface area contributed by atoms with E-state index < -0.39 is 0 Å². The molecule has 0 aliphatic heterocycles. The van der Waals surface area contributed by atoms with E-state index in [1.807, 2.05) is 6.92 Å². The SMILES string of the molecule is CC(O)CNC(C)c1ccc2c(c1)CCCC2. The zero-order chi connectivity index (χ0) is 12.3. The first-order chi connectivity index (χ1) is 8.16. The molecule has 1 aliphatic rings. The second kappa shape index (κ2) is 5.65. The first-order valence-electron chi connectivity index (χ1n) is 6.70. The Morgan fingerprint density at radius 3 is 2.59 bits per heavy atom. The van der Waals surface area contributed by atoms with Crippen LogP contribution in [0.4, 0.5) is 0 Å². The van der Waals surface area contributed by atoms with E-state index in [9.17, 15) is 5.11 Å². The fourth-order valence-corrected chi connectivity index (χ4v) is 2.49. The minimum Gasteiger partial charge on any atom is -0.392 e. The minimum atomic E-state index is -0.282. The Morgan fingerprint density at radius 1 is 1.18 bits per heavy atom. The van der Waals surface area contributed by atoms with Gasteiger partial charge in [-0.2, -0.15) is 0 Å². The van der Waals surface area contributed by atoms with Gasteiger partial charge in [0.05, 0.1) is 6.10 Å². The van der Waals surface area contributed by atoms with E-state index in [4.69, 9.17) is 0 Å². The summed E-state index contributed by atoms with van der Waals surface area (Å²) < 4.78 is 0. The summed E-state index contributed by atoms with van der Waals surface area (Å²) in [6.45, 7) is 4.62. The van der Waals surface area contributed by atoms with E-state index in [0.717, 1.165) is 0 Å². The molecule has 2 atom stereocenters. The zero-order valence-corrected chi connectivity index (χ0v) is 10.9. The van der Waals surface area contributed by atoms with Gasteiger partial charge in [-0.05, 0) is 56.2 Å². The molecule has 0 spiro atoms. The molecule has 2 N–H and O–H groups in total. The second-order valence-electron chi connectivity index (χ2n) is 5.21. The number of aliphatic hydroxyl groups is 1. The van der Waals surface area contributed by atoms with Gasteiger partial charge in [-0.1, -0.05) is 18.2 Å². The van der Waals surface area contributed by atoms with Crippen molar-refractivity contribution in [1.29, 1.82) is 0 Å². The molecule has 0 saturated heterocycles. The first kappa shape index (κ1) is 12.6. The number of aliphatic hydroxyl groups excluding tert-OH is 1. The second-order valence-corrected chi connectivity index (χ2v) is 5.21. The van der Waals surface area contributed by atoms with Crippen molar-refractivity contribution >= 4 is 0 Å². The number of nitrogens with one attached hydrogen (secondary N) is 1. The molecule has 0 saturated carbocycles. The quantitative estimate of drug-likeness (QED) is 0.838. The number of rotatable bonds is 4. The molecule has 1 aromatic rings. The van der Waals surface area contributed by atoms with Gasteiger partial charge in [0.2, 0.25) is 0 Å². The van der Waals surface area contributed by atoms with Crippen molar-refractivity contribution in [3.8, 4) is 0 Å². The zero-order valence-electron chi connectivity index (χ0n) is 10.9. The Hall–Kier alpha value is -0.860. The van der Waals surface area contributed by atoms with E-state index in [1.165, 1.54) is 42.4 Å². The van der Waals surface area contributed by atoms with Gasteiger partial charge in [-0.3, -0.25) is 0 Å². The molecule has 2 unspecified atom stereocenters. The standard InChI is InChI=1S/C15H23NO/c1-11(17)10-16-12(2)14-8-7-13-5-3-4-6-15(13)9-14/h7-9,11-12,16-17H,3-6,10H2,1-2H3. The van der Waals surface area contributed by atoms with E-state index in [1.54, 1.807) is 0 Å². The van der Waals surface area contributed by atoms with Gasteiger partial charge in [0.15, 0.2) is 0 Å². The van der Waals surface area contributed by atoms with Crippen molar-refractivity contribution in [2.45, 2.75) is 51.7 Å². The normalized spacial score (nSPS) is 18.5. The Kier molecular flexibility index (Phi) is 4.19. The molecule has 1 aromatic carbocycles. The summed E-state index contributed by atoms with van der Waals surface area (Å²) >= 11 is 0. The van der Waals surface area contributed by atoms with Crippen LogP contribution in [-0.4, -0.2) is 17.8 Å². The van der Waals surface area contributed by atoms with Crippen LogP contribution in [0.15, 0.2) is 18.2 Å². The third-order valence-corrected chi connectivity index (χ3v) is 3.59. The predicted octanol–water partition coefficient (Wildman–Crippen LogP) is 2.60. The number of benzene rings is 1. The minimum absolute atomic E-state index is 0.282. The van der Waals surface area contributed by atoms with Crippen LogP contribution in [0, 0.1) is 0 Å². The van der Waals surface area contributed by atoms with Crippen LogP contribution < -0.4 is 5.32 Å². The topological polar surface area (TPSA) is 32.3 Å². The number of fused-ring (bicyclic) bond motifs is 1. The largest absolute Gasteiger partial charge is 0.392 e. The van der Waals surface area contributed by atoms with Crippen LogP contribution in [0.1, 0.15) is 49.4 Å². The van der Waals surface area contributed by atoms with Crippen molar-refractivity contribution < 1.29 is 5.11 Å². The maximum Gasteiger partial charge on any atom is 0.0636 e. The lowest BCUT2D eigenvalue weighted by Gasteiger charge is -2.20. The number of aryl methyl sites for hydroxylation is 2. The van der Waals surface area contributed by atoms with Gasteiger partial charge in [0.1, 0.15) is 0 Å². The lowest BCUT2D eigenvalue weighted by molar-refractivity contribution is 0.187. The van der Waals surface area contributed by atoms with E-state index in [-0.39, 0.29) is 6.10 Å². The summed E-state index contributed by atoms with van der Waals surface area (Å²) in [5, 5.41) is 12.6. The highest BCUT2D eigenvalue weighted by molar-refractivity contribution is 5.35. The van der Waals surface area contributed by atoms with Gasteiger partial charge in [0, 0.05) is 12.6 Å². The highest BCUT2D eigenvalue weighted by Crippen LogP contribution is 2.24. The Labute approximate surface area is 104 Å². The molecule has 0 radical (unpaired) electrons. The summed E-state index contributed by atoms with van der Waals surface area (Å²) in [6.07, 6.45) is 4.85. The summed E-state index contributed by atoms with van der Waals surface area (Å²) in [5.74, 6) is 0. The molecule has 0 aromatic heterocycles. The average Bonchev–Trinajstić information content (AvgIpc) is 2.35. The molecule has 2 heteroatoms. The van der Waals surface area contributed by atoms with Crippen LogP contribution in [-0.2, 0) is 12.8 Å². The molecule has 0 amide bonds. The summed E-state index contributed by atoms with van der Waals surface area (Å²) in [7, 11) is 0. The van der Waals surface area contributed by atoms with Crippen molar-refractivity contribution in [1.82, 2.24) is 5.32 Å². The maximum atomic E-state index is 9.28. The van der Waals surface area contributed by atoms with Crippen LogP contribution in [0.5, 0.6) is 0 Å². The third kappa shape index (κ3) is 3.30. The van der Waals surface area contributed by atoms with Crippen molar-refractivity contribution in [2.24, 2.45) is 0 Å². The molecular formula is C15H23NO. The van der Waals surface area contributed by atoms with Crippen LogP contribution in [0.3, 0.4) is 0 Å². The molecule has 2 nitrogen and oxygen atoms in total. The smallest absolute Gasteiger partial charge is 0.0636 e. The maximum absolute atomic E-state index is 9.28. The van der Waals surface area contributed by atoms with Gasteiger partial charge in [-0.15, -0.1) is 0 Å². The molecule has 0 bridgehead atoms. The van der Waals surface area contributed by atoms with Gasteiger partial charge in [0.25, 0.3) is 0 Å². The lowest BCUT2D eigenvalue weighted by Crippen LogP contribution is -2.27. The predicted molar refractivity (Wildman–Crippen MR) is 71.2 cm³/mol.